The van der Waals surface area contributed by atoms with Gasteiger partial charge in [0.1, 0.15) is 17.6 Å². The Morgan fingerprint density at radius 3 is 2.65 bits per heavy atom. The van der Waals surface area contributed by atoms with E-state index in [1.807, 2.05) is 0 Å². The van der Waals surface area contributed by atoms with Gasteiger partial charge >= 0.3 is 6.18 Å². The number of alkyl halides is 3. The van der Waals surface area contributed by atoms with Crippen LogP contribution in [-0.4, -0.2) is 28.6 Å². The van der Waals surface area contributed by atoms with E-state index < -0.39 is 23.9 Å². The van der Waals surface area contributed by atoms with E-state index in [4.69, 9.17) is 4.74 Å². The molecule has 0 aromatic carbocycles. The van der Waals surface area contributed by atoms with Crippen molar-refractivity contribution in [2.24, 2.45) is 0 Å². The van der Waals surface area contributed by atoms with Crippen molar-refractivity contribution < 1.29 is 22.7 Å². The molecule has 0 aliphatic heterocycles. The van der Waals surface area contributed by atoms with E-state index in [1.165, 1.54) is 6.92 Å². The third-order valence-electron chi connectivity index (χ3n) is 2.40. The van der Waals surface area contributed by atoms with Gasteiger partial charge in [0.05, 0.1) is 6.54 Å². The molecule has 0 radical (unpaired) electrons. The highest BCUT2D eigenvalue weighted by atomic mass is 19.4. The van der Waals surface area contributed by atoms with Gasteiger partial charge in [-0.05, 0) is 26.8 Å². The SMILES string of the molecule is CCOC(C)C(=O)NCc1nc(C)cc(C(F)(F)F)n1. The second-order valence-electron chi connectivity index (χ2n) is 4.12. The molecule has 1 amide bonds. The standard InChI is InChI=1S/C12H16F3N3O2/c1-4-20-8(3)11(19)16-6-10-17-7(2)5-9(18-10)12(13,14)15/h5,8H,4,6H2,1-3H3,(H,16,19). The molecule has 1 rings (SSSR count). The molecule has 5 nitrogen and oxygen atoms in total. The van der Waals surface area contributed by atoms with Gasteiger partial charge in [-0.25, -0.2) is 9.97 Å². The first-order valence-electron chi connectivity index (χ1n) is 6.05. The van der Waals surface area contributed by atoms with Gasteiger partial charge in [-0.1, -0.05) is 0 Å². The lowest BCUT2D eigenvalue weighted by Gasteiger charge is -2.12. The molecule has 1 unspecified atom stereocenters. The van der Waals surface area contributed by atoms with Crippen LogP contribution in [0.2, 0.25) is 0 Å². The van der Waals surface area contributed by atoms with Gasteiger partial charge in [0.25, 0.3) is 0 Å². The summed E-state index contributed by atoms with van der Waals surface area (Å²) in [4.78, 5) is 18.8. The van der Waals surface area contributed by atoms with Crippen molar-refractivity contribution in [2.75, 3.05) is 6.61 Å². The molecule has 1 aromatic rings. The van der Waals surface area contributed by atoms with Crippen molar-refractivity contribution in [3.05, 3.63) is 23.3 Å². The highest BCUT2D eigenvalue weighted by Crippen LogP contribution is 2.27. The maximum atomic E-state index is 12.6. The summed E-state index contributed by atoms with van der Waals surface area (Å²) in [5, 5.41) is 2.43. The molecule has 0 fully saturated rings. The van der Waals surface area contributed by atoms with E-state index in [0.717, 1.165) is 6.07 Å². The fourth-order valence-electron chi connectivity index (χ4n) is 1.49. The lowest BCUT2D eigenvalue weighted by molar-refractivity contribution is -0.141. The van der Waals surface area contributed by atoms with Gasteiger partial charge in [-0.3, -0.25) is 4.79 Å². The van der Waals surface area contributed by atoms with Crippen molar-refractivity contribution in [3.8, 4) is 0 Å². The molecule has 1 atom stereocenters. The van der Waals surface area contributed by atoms with Crippen molar-refractivity contribution in [3.63, 3.8) is 0 Å². The minimum absolute atomic E-state index is 0.0885. The van der Waals surface area contributed by atoms with Crippen LogP contribution in [0.15, 0.2) is 6.07 Å². The summed E-state index contributed by atoms with van der Waals surface area (Å²) in [6, 6.07) is 0.855. The average Bonchev–Trinajstić information content (AvgIpc) is 2.34. The zero-order valence-corrected chi connectivity index (χ0v) is 11.4. The largest absolute Gasteiger partial charge is 0.433 e. The van der Waals surface area contributed by atoms with Gasteiger partial charge in [0.2, 0.25) is 5.91 Å². The second-order valence-corrected chi connectivity index (χ2v) is 4.12. The van der Waals surface area contributed by atoms with Crippen LogP contribution in [0.4, 0.5) is 13.2 Å². The molecule has 0 saturated carbocycles. The summed E-state index contributed by atoms with van der Waals surface area (Å²) in [5.41, 5.74) is -0.832. The number of aryl methyl sites for hydroxylation is 1. The average molecular weight is 291 g/mol. The Morgan fingerprint density at radius 2 is 2.10 bits per heavy atom. The number of ether oxygens (including phenoxy) is 1. The third kappa shape index (κ3) is 4.76. The molecule has 0 spiro atoms. The first-order valence-corrected chi connectivity index (χ1v) is 6.05. The normalized spacial score (nSPS) is 13.1. The van der Waals surface area contributed by atoms with Gasteiger partial charge in [0.15, 0.2) is 0 Å². The molecule has 0 aliphatic carbocycles. The van der Waals surface area contributed by atoms with Crippen LogP contribution < -0.4 is 5.32 Å². The number of hydrogen-bond acceptors (Lipinski definition) is 4. The fraction of sp³-hybridized carbons (Fsp3) is 0.583. The van der Waals surface area contributed by atoms with Gasteiger partial charge in [-0.15, -0.1) is 0 Å². The monoisotopic (exact) mass is 291 g/mol. The quantitative estimate of drug-likeness (QED) is 0.899. The minimum atomic E-state index is -4.54. The summed E-state index contributed by atoms with van der Waals surface area (Å²) in [6.45, 7) is 4.92. The van der Waals surface area contributed by atoms with Crippen LogP contribution in [0, 0.1) is 6.92 Å². The predicted octanol–water partition coefficient (Wildman–Crippen LogP) is 1.85. The number of amides is 1. The summed E-state index contributed by atoms with van der Waals surface area (Å²) in [6.07, 6.45) is -5.21. The van der Waals surface area contributed by atoms with E-state index in [9.17, 15) is 18.0 Å². The first-order chi connectivity index (χ1) is 9.24. The van der Waals surface area contributed by atoms with Crippen molar-refractivity contribution in [2.45, 2.75) is 39.6 Å². The fourth-order valence-corrected chi connectivity index (χ4v) is 1.49. The molecule has 112 valence electrons. The highest BCUT2D eigenvalue weighted by molar-refractivity contribution is 5.80. The molecular weight excluding hydrogens is 275 g/mol. The zero-order valence-electron chi connectivity index (χ0n) is 11.4. The minimum Gasteiger partial charge on any atom is -0.369 e. The first kappa shape index (κ1) is 16.4. The van der Waals surface area contributed by atoms with Crippen LogP contribution in [0.3, 0.4) is 0 Å². The molecule has 0 bridgehead atoms. The Morgan fingerprint density at radius 1 is 1.45 bits per heavy atom. The van der Waals surface area contributed by atoms with Gasteiger partial charge in [0, 0.05) is 12.3 Å². The Balaban J connectivity index is 2.74. The number of aromatic nitrogens is 2. The highest BCUT2D eigenvalue weighted by Gasteiger charge is 2.33. The van der Waals surface area contributed by atoms with E-state index >= 15 is 0 Å². The summed E-state index contributed by atoms with van der Waals surface area (Å²) >= 11 is 0. The predicted molar refractivity (Wildman–Crippen MR) is 64.7 cm³/mol. The molecule has 1 aromatic heterocycles. The molecule has 8 heteroatoms. The smallest absolute Gasteiger partial charge is 0.369 e. The van der Waals surface area contributed by atoms with E-state index in [2.05, 4.69) is 15.3 Å². The van der Waals surface area contributed by atoms with Crippen LogP contribution >= 0.6 is 0 Å². The Hall–Kier alpha value is -1.70. The van der Waals surface area contributed by atoms with Crippen LogP contribution in [0.25, 0.3) is 0 Å². The van der Waals surface area contributed by atoms with E-state index in [1.54, 1.807) is 13.8 Å². The maximum absolute atomic E-state index is 12.6. The van der Waals surface area contributed by atoms with Gasteiger partial charge in [-0.2, -0.15) is 13.2 Å². The van der Waals surface area contributed by atoms with Crippen LogP contribution in [0.5, 0.6) is 0 Å². The van der Waals surface area contributed by atoms with Crippen LogP contribution in [-0.2, 0) is 22.3 Å². The Kier molecular flexibility index (Phi) is 5.43. The Bertz CT molecular complexity index is 478. The summed E-state index contributed by atoms with van der Waals surface area (Å²) < 4.78 is 42.8. The molecule has 1 heterocycles. The number of nitrogens with one attached hydrogen (secondary N) is 1. The molecule has 20 heavy (non-hydrogen) atoms. The molecule has 0 aliphatic rings. The van der Waals surface area contributed by atoms with Crippen molar-refractivity contribution in [1.82, 2.24) is 15.3 Å². The zero-order chi connectivity index (χ0) is 15.3. The van der Waals surface area contributed by atoms with Crippen molar-refractivity contribution >= 4 is 5.91 Å². The molecular formula is C12H16F3N3O2. The third-order valence-corrected chi connectivity index (χ3v) is 2.40. The van der Waals surface area contributed by atoms with E-state index in [0.29, 0.717) is 6.61 Å². The topological polar surface area (TPSA) is 64.1 Å². The van der Waals surface area contributed by atoms with Gasteiger partial charge < -0.3 is 10.1 Å². The van der Waals surface area contributed by atoms with E-state index in [-0.39, 0.29) is 18.1 Å². The lowest BCUT2D eigenvalue weighted by atomic mass is 10.3. The number of halogens is 3. The number of rotatable bonds is 5. The summed E-state index contributed by atoms with van der Waals surface area (Å²) in [7, 11) is 0. The molecule has 1 N–H and O–H groups in total. The Labute approximate surface area is 114 Å². The lowest BCUT2D eigenvalue weighted by Crippen LogP contribution is -2.34. The maximum Gasteiger partial charge on any atom is 0.433 e. The number of carbonyl (C=O) groups is 1. The number of carbonyl (C=O) groups excluding carboxylic acids is 1. The summed E-state index contributed by atoms with van der Waals surface area (Å²) in [5.74, 6) is -0.514. The molecule has 0 saturated heterocycles. The second kappa shape index (κ2) is 6.65. The van der Waals surface area contributed by atoms with Crippen molar-refractivity contribution in [1.29, 1.82) is 0 Å². The van der Waals surface area contributed by atoms with Crippen LogP contribution in [0.1, 0.15) is 31.1 Å². The number of nitrogens with zero attached hydrogens (tertiary/aromatic N) is 2. The number of hydrogen-bond donors (Lipinski definition) is 1.